The van der Waals surface area contributed by atoms with E-state index < -0.39 is 0 Å². The maximum absolute atomic E-state index is 5.58. The molecule has 1 heterocycles. The highest BCUT2D eigenvalue weighted by Crippen LogP contribution is 2.22. The normalized spacial score (nSPS) is 10.5. The zero-order valence-electron chi connectivity index (χ0n) is 12.7. The lowest BCUT2D eigenvalue weighted by atomic mass is 10.2. The molecule has 112 valence electrons. The van der Waals surface area contributed by atoms with Crippen LogP contribution in [0, 0.1) is 0 Å². The summed E-state index contributed by atoms with van der Waals surface area (Å²) in [6.07, 6.45) is 1.71. The number of nitrogens with zero attached hydrogens (tertiary/aromatic N) is 2. The summed E-state index contributed by atoms with van der Waals surface area (Å²) < 4.78 is 10.7. The molecule has 0 aliphatic heterocycles. The Kier molecular flexibility index (Phi) is 4.10. The first-order chi connectivity index (χ1) is 10.8. The maximum atomic E-state index is 5.58. The molecule has 0 amide bonds. The van der Waals surface area contributed by atoms with Crippen molar-refractivity contribution in [3.63, 3.8) is 0 Å². The van der Waals surface area contributed by atoms with Gasteiger partial charge in [0, 0.05) is 18.3 Å². The van der Waals surface area contributed by atoms with E-state index in [4.69, 9.17) is 9.15 Å². The number of aromatic nitrogens is 1. The molecule has 2 aromatic carbocycles. The van der Waals surface area contributed by atoms with Gasteiger partial charge in [-0.05, 0) is 36.4 Å². The van der Waals surface area contributed by atoms with E-state index in [0.717, 1.165) is 22.7 Å². The van der Waals surface area contributed by atoms with Crippen LogP contribution >= 0.6 is 0 Å². The predicted octanol–water partition coefficient (Wildman–Crippen LogP) is 3.99. The number of oxazole rings is 1. The topological polar surface area (TPSA) is 38.5 Å². The van der Waals surface area contributed by atoms with E-state index in [9.17, 15) is 0 Å². The van der Waals surface area contributed by atoms with Gasteiger partial charge in [0.15, 0.2) is 0 Å². The molecule has 0 aliphatic rings. The molecule has 0 radical (unpaired) electrons. The number of hydrogen-bond donors (Lipinski definition) is 0. The third-order valence-electron chi connectivity index (χ3n) is 3.48. The third kappa shape index (κ3) is 3.11. The minimum absolute atomic E-state index is 0.624. The summed E-state index contributed by atoms with van der Waals surface area (Å²) in [6.45, 7) is 0.698. The number of rotatable bonds is 5. The summed E-state index contributed by atoms with van der Waals surface area (Å²) in [5.41, 5.74) is 2.99. The van der Waals surface area contributed by atoms with E-state index in [1.807, 2.05) is 49.5 Å². The monoisotopic (exact) mass is 294 g/mol. The summed E-state index contributed by atoms with van der Waals surface area (Å²) in [4.78, 5) is 6.69. The number of benzene rings is 2. The van der Waals surface area contributed by atoms with Crippen molar-refractivity contribution in [2.45, 2.75) is 6.54 Å². The van der Waals surface area contributed by atoms with Gasteiger partial charge in [-0.1, -0.05) is 18.2 Å². The molecule has 0 atom stereocenters. The molecule has 0 N–H and O–H groups in total. The molecule has 0 aliphatic carbocycles. The van der Waals surface area contributed by atoms with Crippen molar-refractivity contribution in [2.24, 2.45) is 0 Å². The quantitative estimate of drug-likeness (QED) is 0.713. The molecule has 0 saturated heterocycles. The van der Waals surface area contributed by atoms with Gasteiger partial charge in [-0.15, -0.1) is 0 Å². The maximum Gasteiger partial charge on any atom is 0.226 e. The van der Waals surface area contributed by atoms with Gasteiger partial charge in [0.1, 0.15) is 12.0 Å². The Bertz CT molecular complexity index is 720. The number of methoxy groups -OCH3 is 1. The van der Waals surface area contributed by atoms with Crippen LogP contribution in [0.25, 0.3) is 11.5 Å². The Labute approximate surface area is 130 Å². The lowest BCUT2D eigenvalue weighted by molar-refractivity contribution is 0.415. The Balaban J connectivity index is 1.73. The van der Waals surface area contributed by atoms with Crippen molar-refractivity contribution >= 4 is 5.69 Å². The van der Waals surface area contributed by atoms with Crippen molar-refractivity contribution in [2.75, 3.05) is 19.1 Å². The van der Waals surface area contributed by atoms with Crippen LogP contribution in [0.3, 0.4) is 0 Å². The minimum Gasteiger partial charge on any atom is -0.497 e. The van der Waals surface area contributed by atoms with Gasteiger partial charge in [0.2, 0.25) is 5.89 Å². The average molecular weight is 294 g/mol. The molecule has 0 saturated carbocycles. The highest BCUT2D eigenvalue weighted by molar-refractivity contribution is 5.55. The first kappa shape index (κ1) is 14.2. The molecular formula is C18H18N2O2. The van der Waals surface area contributed by atoms with Crippen LogP contribution in [0.4, 0.5) is 5.69 Å². The molecule has 0 bridgehead atoms. The summed E-state index contributed by atoms with van der Waals surface area (Å²) in [5.74, 6) is 1.44. The first-order valence-corrected chi connectivity index (χ1v) is 7.11. The van der Waals surface area contributed by atoms with Gasteiger partial charge in [0.05, 0.1) is 19.3 Å². The summed E-state index contributed by atoms with van der Waals surface area (Å²) in [5, 5.41) is 0. The second-order valence-corrected chi connectivity index (χ2v) is 5.06. The fraction of sp³-hybridized carbons (Fsp3) is 0.167. The van der Waals surface area contributed by atoms with Gasteiger partial charge in [-0.25, -0.2) is 4.98 Å². The minimum atomic E-state index is 0.624. The second-order valence-electron chi connectivity index (χ2n) is 5.06. The van der Waals surface area contributed by atoms with E-state index in [2.05, 4.69) is 22.0 Å². The molecule has 0 unspecified atom stereocenters. The zero-order valence-corrected chi connectivity index (χ0v) is 12.7. The van der Waals surface area contributed by atoms with Crippen LogP contribution in [-0.4, -0.2) is 19.1 Å². The van der Waals surface area contributed by atoms with E-state index in [1.165, 1.54) is 0 Å². The molecule has 3 aromatic rings. The summed E-state index contributed by atoms with van der Waals surface area (Å²) in [7, 11) is 3.69. The van der Waals surface area contributed by atoms with Crippen molar-refractivity contribution in [3.8, 4) is 17.2 Å². The summed E-state index contributed by atoms with van der Waals surface area (Å²) in [6, 6.07) is 17.9. The van der Waals surface area contributed by atoms with E-state index in [1.54, 1.807) is 13.4 Å². The van der Waals surface area contributed by atoms with Crippen molar-refractivity contribution in [1.82, 2.24) is 4.98 Å². The van der Waals surface area contributed by atoms with Crippen molar-refractivity contribution in [1.29, 1.82) is 0 Å². The van der Waals surface area contributed by atoms with Crippen LogP contribution in [0.5, 0.6) is 5.75 Å². The highest BCUT2D eigenvalue weighted by atomic mass is 16.5. The van der Waals surface area contributed by atoms with E-state index in [0.29, 0.717) is 12.4 Å². The fourth-order valence-corrected chi connectivity index (χ4v) is 2.26. The molecular weight excluding hydrogens is 276 g/mol. The molecule has 22 heavy (non-hydrogen) atoms. The average Bonchev–Trinajstić information content (AvgIpc) is 3.04. The molecule has 3 rings (SSSR count). The first-order valence-electron chi connectivity index (χ1n) is 7.11. The standard InChI is InChI=1S/C18H18N2O2/c1-20(16-6-4-3-5-7-16)12-15-13-22-18(19-15)14-8-10-17(21-2)11-9-14/h3-11,13H,12H2,1-2H3. The van der Waals surface area contributed by atoms with E-state index >= 15 is 0 Å². The molecule has 4 heteroatoms. The molecule has 0 fully saturated rings. The fourth-order valence-electron chi connectivity index (χ4n) is 2.26. The van der Waals surface area contributed by atoms with Crippen LogP contribution in [0.2, 0.25) is 0 Å². The van der Waals surface area contributed by atoms with Gasteiger partial charge in [-0.2, -0.15) is 0 Å². The smallest absolute Gasteiger partial charge is 0.226 e. The van der Waals surface area contributed by atoms with Gasteiger partial charge < -0.3 is 14.1 Å². The van der Waals surface area contributed by atoms with Crippen molar-refractivity contribution in [3.05, 3.63) is 66.6 Å². The predicted molar refractivity (Wildman–Crippen MR) is 87.0 cm³/mol. The Morgan fingerprint density at radius 3 is 2.45 bits per heavy atom. The van der Waals surface area contributed by atoms with Crippen LogP contribution < -0.4 is 9.64 Å². The van der Waals surface area contributed by atoms with Crippen LogP contribution in [-0.2, 0) is 6.54 Å². The van der Waals surface area contributed by atoms with Gasteiger partial charge >= 0.3 is 0 Å². The number of hydrogen-bond acceptors (Lipinski definition) is 4. The van der Waals surface area contributed by atoms with E-state index in [-0.39, 0.29) is 0 Å². The Hall–Kier alpha value is -2.75. The zero-order chi connectivity index (χ0) is 15.4. The molecule has 1 aromatic heterocycles. The van der Waals surface area contributed by atoms with Crippen LogP contribution in [0.15, 0.2) is 65.3 Å². The van der Waals surface area contributed by atoms with Gasteiger partial charge in [-0.3, -0.25) is 0 Å². The largest absolute Gasteiger partial charge is 0.497 e. The van der Waals surface area contributed by atoms with Crippen LogP contribution in [0.1, 0.15) is 5.69 Å². The number of anilines is 1. The van der Waals surface area contributed by atoms with Crippen molar-refractivity contribution < 1.29 is 9.15 Å². The summed E-state index contributed by atoms with van der Waals surface area (Å²) >= 11 is 0. The second kappa shape index (κ2) is 6.35. The van der Waals surface area contributed by atoms with Gasteiger partial charge in [0.25, 0.3) is 0 Å². The number of ether oxygens (including phenoxy) is 1. The number of para-hydroxylation sites is 1. The Morgan fingerprint density at radius 1 is 1.05 bits per heavy atom. The third-order valence-corrected chi connectivity index (χ3v) is 3.48. The lowest BCUT2D eigenvalue weighted by Crippen LogP contribution is -2.16. The lowest BCUT2D eigenvalue weighted by Gasteiger charge is -2.17. The Morgan fingerprint density at radius 2 is 1.77 bits per heavy atom. The SMILES string of the molecule is COc1ccc(-c2nc(CN(C)c3ccccc3)co2)cc1. The molecule has 4 nitrogen and oxygen atoms in total. The highest BCUT2D eigenvalue weighted by Gasteiger charge is 2.09. The molecule has 0 spiro atoms.